The maximum atomic E-state index is 13.5. The van der Waals surface area contributed by atoms with Gasteiger partial charge >= 0.3 is 5.97 Å². The summed E-state index contributed by atoms with van der Waals surface area (Å²) >= 11 is 0. The van der Waals surface area contributed by atoms with Gasteiger partial charge in [-0.25, -0.2) is 22.4 Å². The molecular weight excluding hydrogens is 276 g/mol. The Kier molecular flexibility index (Phi) is 5.73. The highest BCUT2D eigenvalue weighted by atomic mass is 19.2. The molecule has 0 saturated heterocycles. The van der Waals surface area contributed by atoms with E-state index in [0.717, 1.165) is 19.4 Å². The van der Waals surface area contributed by atoms with Crippen molar-refractivity contribution in [3.8, 4) is 0 Å². The Balaban J connectivity index is 2.96. The van der Waals surface area contributed by atoms with Crippen molar-refractivity contribution in [2.45, 2.75) is 26.7 Å². The summed E-state index contributed by atoms with van der Waals surface area (Å²) in [6.45, 7) is 2.98. The summed E-state index contributed by atoms with van der Waals surface area (Å²) in [5.74, 6) is -6.89. The van der Waals surface area contributed by atoms with E-state index in [1.165, 1.54) is 0 Å². The van der Waals surface area contributed by atoms with E-state index < -0.39 is 40.4 Å². The van der Waals surface area contributed by atoms with E-state index in [2.05, 4.69) is 0 Å². The van der Waals surface area contributed by atoms with Gasteiger partial charge in [0.25, 0.3) is 0 Å². The average molecular weight is 290 g/mol. The van der Waals surface area contributed by atoms with Crippen molar-refractivity contribution in [3.63, 3.8) is 0 Å². The molecule has 0 aliphatic carbocycles. The fourth-order valence-electron chi connectivity index (χ4n) is 1.42. The van der Waals surface area contributed by atoms with Gasteiger partial charge in [-0.15, -0.1) is 0 Å². The second-order valence-corrected chi connectivity index (χ2v) is 4.15. The minimum Gasteiger partial charge on any atom is -0.463 e. The summed E-state index contributed by atoms with van der Waals surface area (Å²) in [6, 6.07) is 0. The van der Waals surface area contributed by atoms with E-state index in [0.29, 0.717) is 12.5 Å². The molecule has 0 saturated carbocycles. The number of esters is 1. The molecule has 1 aromatic rings. The molecule has 0 fully saturated rings. The Morgan fingerprint density at radius 3 is 2.15 bits per heavy atom. The van der Waals surface area contributed by atoms with E-state index in [1.807, 2.05) is 6.92 Å². The van der Waals surface area contributed by atoms with Crippen LogP contribution >= 0.6 is 0 Å². The Hall–Kier alpha value is -1.85. The zero-order valence-electron chi connectivity index (χ0n) is 11.1. The lowest BCUT2D eigenvalue weighted by Gasteiger charge is -2.06. The fourth-order valence-corrected chi connectivity index (χ4v) is 1.42. The molecule has 110 valence electrons. The summed E-state index contributed by atoms with van der Waals surface area (Å²) in [6.07, 6.45) is 2.85. The second kappa shape index (κ2) is 7.07. The minimum absolute atomic E-state index is 0.168. The number of ether oxygens (including phenoxy) is 1. The van der Waals surface area contributed by atoms with Crippen molar-refractivity contribution in [2.75, 3.05) is 6.61 Å². The Bertz CT molecular complexity index is 509. The molecular formula is C14H14F4O2. The number of unbranched alkanes of at least 4 members (excludes halogenated alkanes) is 1. The van der Waals surface area contributed by atoms with Gasteiger partial charge in [0.2, 0.25) is 0 Å². The van der Waals surface area contributed by atoms with Crippen molar-refractivity contribution < 1.29 is 27.1 Å². The SMILES string of the molecule is CCCCOC(=O)/C=C/c1c(F)c(F)c(C)c(F)c1F. The Labute approximate surface area is 114 Å². The first kappa shape index (κ1) is 16.2. The predicted molar refractivity (Wildman–Crippen MR) is 65.9 cm³/mol. The summed E-state index contributed by atoms with van der Waals surface area (Å²) < 4.78 is 58.2. The number of benzene rings is 1. The van der Waals surface area contributed by atoms with E-state index >= 15 is 0 Å². The molecule has 0 atom stereocenters. The Morgan fingerprint density at radius 2 is 1.65 bits per heavy atom. The van der Waals surface area contributed by atoms with Gasteiger partial charge in [0, 0.05) is 11.6 Å². The van der Waals surface area contributed by atoms with Crippen molar-refractivity contribution in [2.24, 2.45) is 0 Å². The van der Waals surface area contributed by atoms with E-state index in [4.69, 9.17) is 4.74 Å². The predicted octanol–water partition coefficient (Wildman–Crippen LogP) is 3.91. The smallest absolute Gasteiger partial charge is 0.330 e. The molecule has 1 aromatic carbocycles. The third-order valence-electron chi connectivity index (χ3n) is 2.65. The summed E-state index contributed by atoms with van der Waals surface area (Å²) in [7, 11) is 0. The average Bonchev–Trinajstić information content (AvgIpc) is 2.43. The van der Waals surface area contributed by atoms with Crippen LogP contribution in [0.4, 0.5) is 17.6 Å². The lowest BCUT2D eigenvalue weighted by Crippen LogP contribution is -2.05. The van der Waals surface area contributed by atoms with Crippen molar-refractivity contribution in [1.82, 2.24) is 0 Å². The van der Waals surface area contributed by atoms with Crippen LogP contribution in [0.25, 0.3) is 6.08 Å². The molecule has 2 nitrogen and oxygen atoms in total. The van der Waals surface area contributed by atoms with Crippen LogP contribution in [0.5, 0.6) is 0 Å². The quantitative estimate of drug-likeness (QED) is 0.270. The van der Waals surface area contributed by atoms with Crippen molar-refractivity contribution in [3.05, 3.63) is 40.5 Å². The summed E-state index contributed by atoms with van der Waals surface area (Å²) in [5.41, 5.74) is -1.69. The summed E-state index contributed by atoms with van der Waals surface area (Å²) in [5, 5.41) is 0. The molecule has 0 aromatic heterocycles. The molecule has 0 aliphatic heterocycles. The maximum absolute atomic E-state index is 13.5. The molecule has 0 heterocycles. The highest BCUT2D eigenvalue weighted by Crippen LogP contribution is 2.24. The molecule has 0 amide bonds. The van der Waals surface area contributed by atoms with Crippen molar-refractivity contribution >= 4 is 12.0 Å². The third-order valence-corrected chi connectivity index (χ3v) is 2.65. The largest absolute Gasteiger partial charge is 0.463 e. The van der Waals surface area contributed by atoms with Gasteiger partial charge < -0.3 is 4.74 Å². The number of carbonyl (C=O) groups excluding carboxylic acids is 1. The van der Waals surface area contributed by atoms with Crippen LogP contribution in [0.3, 0.4) is 0 Å². The highest BCUT2D eigenvalue weighted by Gasteiger charge is 2.21. The molecule has 1 rings (SSSR count). The van der Waals surface area contributed by atoms with Crippen LogP contribution in [0.2, 0.25) is 0 Å². The number of hydrogen-bond acceptors (Lipinski definition) is 2. The zero-order chi connectivity index (χ0) is 15.3. The molecule has 0 spiro atoms. The van der Waals surface area contributed by atoms with Gasteiger partial charge in [0.05, 0.1) is 12.2 Å². The molecule has 20 heavy (non-hydrogen) atoms. The lowest BCUT2D eigenvalue weighted by molar-refractivity contribution is -0.137. The van der Waals surface area contributed by atoms with Crippen LogP contribution in [0, 0.1) is 30.2 Å². The van der Waals surface area contributed by atoms with Gasteiger partial charge in [-0.2, -0.15) is 0 Å². The molecule has 0 bridgehead atoms. The zero-order valence-corrected chi connectivity index (χ0v) is 11.1. The van der Waals surface area contributed by atoms with Gasteiger partial charge in [0.1, 0.15) is 0 Å². The van der Waals surface area contributed by atoms with Crippen molar-refractivity contribution in [1.29, 1.82) is 0 Å². The monoisotopic (exact) mass is 290 g/mol. The highest BCUT2D eigenvalue weighted by molar-refractivity contribution is 5.87. The van der Waals surface area contributed by atoms with E-state index in [1.54, 1.807) is 0 Å². The minimum atomic E-state index is -1.54. The first-order chi connectivity index (χ1) is 9.40. The number of hydrogen-bond donors (Lipinski definition) is 0. The van der Waals surface area contributed by atoms with Crippen LogP contribution in [0.15, 0.2) is 6.08 Å². The lowest BCUT2D eigenvalue weighted by atomic mass is 10.1. The number of halogens is 4. The van der Waals surface area contributed by atoms with Crippen LogP contribution in [-0.2, 0) is 9.53 Å². The number of carbonyl (C=O) groups is 1. The van der Waals surface area contributed by atoms with Gasteiger partial charge in [0.15, 0.2) is 23.3 Å². The molecule has 0 N–H and O–H groups in total. The van der Waals surface area contributed by atoms with Crippen LogP contribution < -0.4 is 0 Å². The normalized spacial score (nSPS) is 11.1. The fraction of sp³-hybridized carbons (Fsp3) is 0.357. The summed E-state index contributed by atoms with van der Waals surface area (Å²) in [4.78, 5) is 11.2. The van der Waals surface area contributed by atoms with E-state index in [9.17, 15) is 22.4 Å². The van der Waals surface area contributed by atoms with Gasteiger partial charge in [-0.1, -0.05) is 13.3 Å². The molecule has 0 unspecified atom stereocenters. The standard InChI is InChI=1S/C14H14F4O2/c1-3-4-7-20-10(19)6-5-9-13(17)11(15)8(2)12(16)14(9)18/h5-6H,3-4,7H2,1-2H3/b6-5+. The van der Waals surface area contributed by atoms with Gasteiger partial charge in [-0.05, 0) is 19.4 Å². The molecule has 6 heteroatoms. The Morgan fingerprint density at radius 1 is 1.10 bits per heavy atom. The molecule has 0 radical (unpaired) electrons. The number of rotatable bonds is 5. The van der Waals surface area contributed by atoms with Gasteiger partial charge in [-0.3, -0.25) is 0 Å². The topological polar surface area (TPSA) is 26.3 Å². The third kappa shape index (κ3) is 3.59. The van der Waals surface area contributed by atoms with E-state index in [-0.39, 0.29) is 6.61 Å². The second-order valence-electron chi connectivity index (χ2n) is 4.15. The van der Waals surface area contributed by atoms with Crippen LogP contribution in [-0.4, -0.2) is 12.6 Å². The first-order valence-electron chi connectivity index (χ1n) is 6.07. The molecule has 0 aliphatic rings. The van der Waals surface area contributed by atoms with Crippen LogP contribution in [0.1, 0.15) is 30.9 Å². The first-order valence-corrected chi connectivity index (χ1v) is 6.07. The maximum Gasteiger partial charge on any atom is 0.330 e.